The van der Waals surface area contributed by atoms with Gasteiger partial charge in [-0.3, -0.25) is 0 Å². The van der Waals surface area contributed by atoms with E-state index in [9.17, 15) is 0 Å². The Morgan fingerprint density at radius 1 is 1.50 bits per heavy atom. The Bertz CT molecular complexity index is 327. The van der Waals surface area contributed by atoms with E-state index in [1.54, 1.807) is 0 Å². The van der Waals surface area contributed by atoms with Crippen molar-refractivity contribution in [3.05, 3.63) is 20.8 Å². The van der Waals surface area contributed by atoms with Gasteiger partial charge in [0.2, 0.25) is 0 Å². The first-order valence-electron chi connectivity index (χ1n) is 5.89. The molecule has 0 radical (unpaired) electrons. The second kappa shape index (κ2) is 6.43. The molecular formula is C12H18BrNS2. The van der Waals surface area contributed by atoms with Crippen molar-refractivity contribution in [2.24, 2.45) is 0 Å². The van der Waals surface area contributed by atoms with Crippen LogP contribution in [0.5, 0.6) is 0 Å². The lowest BCUT2D eigenvalue weighted by Crippen LogP contribution is -2.33. The summed E-state index contributed by atoms with van der Waals surface area (Å²) < 4.78 is 1.23. The lowest BCUT2D eigenvalue weighted by atomic mass is 10.2. The molecule has 0 spiro atoms. The fourth-order valence-electron chi connectivity index (χ4n) is 2.25. The Labute approximate surface area is 115 Å². The zero-order valence-electron chi connectivity index (χ0n) is 9.54. The number of halogens is 1. The van der Waals surface area contributed by atoms with E-state index in [-0.39, 0.29) is 0 Å². The van der Waals surface area contributed by atoms with E-state index in [1.165, 1.54) is 33.7 Å². The maximum absolute atomic E-state index is 3.71. The van der Waals surface area contributed by atoms with Crippen molar-refractivity contribution < 1.29 is 0 Å². The molecule has 90 valence electrons. The molecule has 2 atom stereocenters. The number of rotatable bonds is 5. The highest BCUT2D eigenvalue weighted by Gasteiger charge is 2.26. The van der Waals surface area contributed by atoms with Crippen molar-refractivity contribution in [1.29, 1.82) is 0 Å². The third-order valence-corrected chi connectivity index (χ3v) is 5.95. The molecule has 2 rings (SSSR count). The van der Waals surface area contributed by atoms with Gasteiger partial charge in [-0.1, -0.05) is 13.3 Å². The van der Waals surface area contributed by atoms with Crippen molar-refractivity contribution in [2.45, 2.75) is 44.0 Å². The van der Waals surface area contributed by atoms with Crippen LogP contribution in [0.15, 0.2) is 15.9 Å². The Morgan fingerprint density at radius 3 is 3.06 bits per heavy atom. The predicted molar refractivity (Wildman–Crippen MR) is 78.4 cm³/mol. The van der Waals surface area contributed by atoms with E-state index in [1.807, 2.05) is 11.3 Å². The Morgan fingerprint density at radius 2 is 2.38 bits per heavy atom. The Balaban J connectivity index is 1.80. The molecule has 0 bridgehead atoms. The number of thioether (sulfide) groups is 1. The fraction of sp³-hybridized carbons (Fsp3) is 0.667. The molecule has 0 aliphatic heterocycles. The van der Waals surface area contributed by atoms with Gasteiger partial charge in [0.15, 0.2) is 0 Å². The largest absolute Gasteiger partial charge is 0.308 e. The molecule has 1 heterocycles. The number of hydrogen-bond acceptors (Lipinski definition) is 3. The lowest BCUT2D eigenvalue weighted by molar-refractivity contribution is 0.535. The minimum atomic E-state index is 0.728. The Kier molecular flexibility index (Phi) is 5.20. The van der Waals surface area contributed by atoms with Crippen LogP contribution in [0.25, 0.3) is 0 Å². The second-order valence-electron chi connectivity index (χ2n) is 4.12. The van der Waals surface area contributed by atoms with Gasteiger partial charge in [0, 0.05) is 22.7 Å². The molecule has 16 heavy (non-hydrogen) atoms. The predicted octanol–water partition coefficient (Wildman–Crippen LogP) is 4.27. The van der Waals surface area contributed by atoms with Gasteiger partial charge in [-0.25, -0.2) is 0 Å². The highest BCUT2D eigenvalue weighted by molar-refractivity contribution is 9.11. The van der Waals surface area contributed by atoms with E-state index >= 15 is 0 Å². The van der Waals surface area contributed by atoms with E-state index in [0.29, 0.717) is 0 Å². The molecule has 1 N–H and O–H groups in total. The maximum Gasteiger partial charge on any atom is 0.0701 e. The third-order valence-electron chi connectivity index (χ3n) is 3.00. The van der Waals surface area contributed by atoms with Crippen LogP contribution >= 0.6 is 39.0 Å². The summed E-state index contributed by atoms with van der Waals surface area (Å²) in [6.45, 7) is 3.29. The number of hydrogen-bond donors (Lipinski definition) is 1. The van der Waals surface area contributed by atoms with Crippen LogP contribution in [0.2, 0.25) is 0 Å². The topological polar surface area (TPSA) is 12.0 Å². The molecule has 0 aromatic carbocycles. The standard InChI is InChI=1S/C12H18BrNS2/c1-2-15-11-5-3-4-10(11)14-8-9-6-7-12(13)16-9/h6-7,10-11,14H,2-5,8H2,1H3. The first-order valence-corrected chi connectivity index (χ1v) is 8.54. The zero-order chi connectivity index (χ0) is 11.4. The molecule has 4 heteroatoms. The van der Waals surface area contributed by atoms with E-state index in [0.717, 1.165) is 17.8 Å². The summed E-state index contributed by atoms with van der Waals surface area (Å²) in [5.41, 5.74) is 0. The molecule has 0 amide bonds. The molecule has 1 aliphatic carbocycles. The summed E-state index contributed by atoms with van der Waals surface area (Å²) in [6.07, 6.45) is 4.14. The maximum atomic E-state index is 3.71. The van der Waals surface area contributed by atoms with E-state index < -0.39 is 0 Å². The average molecular weight is 320 g/mol. The quantitative estimate of drug-likeness (QED) is 0.869. The molecule has 1 fully saturated rings. The van der Waals surface area contributed by atoms with Crippen molar-refractivity contribution in [2.75, 3.05) is 5.75 Å². The molecular weight excluding hydrogens is 302 g/mol. The summed E-state index contributed by atoms with van der Waals surface area (Å²) in [7, 11) is 0. The molecule has 1 saturated carbocycles. The smallest absolute Gasteiger partial charge is 0.0701 e. The van der Waals surface area contributed by atoms with Crippen LogP contribution in [-0.4, -0.2) is 17.0 Å². The SMILES string of the molecule is CCSC1CCCC1NCc1ccc(Br)s1. The summed E-state index contributed by atoms with van der Waals surface area (Å²) in [6, 6.07) is 5.07. The highest BCUT2D eigenvalue weighted by Crippen LogP contribution is 2.30. The zero-order valence-corrected chi connectivity index (χ0v) is 12.8. The first kappa shape index (κ1) is 12.9. The van der Waals surface area contributed by atoms with Crippen LogP contribution < -0.4 is 5.32 Å². The van der Waals surface area contributed by atoms with Gasteiger partial charge < -0.3 is 5.32 Å². The van der Waals surface area contributed by atoms with Gasteiger partial charge in [0.1, 0.15) is 0 Å². The van der Waals surface area contributed by atoms with Gasteiger partial charge in [-0.15, -0.1) is 11.3 Å². The second-order valence-corrected chi connectivity index (χ2v) is 8.18. The highest BCUT2D eigenvalue weighted by atomic mass is 79.9. The monoisotopic (exact) mass is 319 g/mol. The van der Waals surface area contributed by atoms with Gasteiger partial charge in [-0.2, -0.15) is 11.8 Å². The van der Waals surface area contributed by atoms with Crippen LogP contribution in [0, 0.1) is 0 Å². The lowest BCUT2D eigenvalue weighted by Gasteiger charge is -2.19. The number of nitrogens with one attached hydrogen (secondary N) is 1. The molecule has 2 unspecified atom stereocenters. The van der Waals surface area contributed by atoms with Crippen molar-refractivity contribution in [3.8, 4) is 0 Å². The first-order chi connectivity index (χ1) is 7.79. The molecule has 1 aliphatic rings. The molecule has 1 nitrogen and oxygen atoms in total. The van der Waals surface area contributed by atoms with Gasteiger partial charge >= 0.3 is 0 Å². The average Bonchev–Trinajstić information content (AvgIpc) is 2.85. The minimum Gasteiger partial charge on any atom is -0.308 e. The Hall–Kier alpha value is 0.490. The van der Waals surface area contributed by atoms with E-state index in [2.05, 4.69) is 52.1 Å². The summed E-state index contributed by atoms with van der Waals surface area (Å²) in [5, 5.41) is 4.56. The van der Waals surface area contributed by atoms with Gasteiger partial charge in [0.05, 0.1) is 3.79 Å². The van der Waals surface area contributed by atoms with Crippen LogP contribution in [0.3, 0.4) is 0 Å². The van der Waals surface area contributed by atoms with Crippen molar-refractivity contribution in [3.63, 3.8) is 0 Å². The van der Waals surface area contributed by atoms with E-state index in [4.69, 9.17) is 0 Å². The fourth-order valence-corrected chi connectivity index (χ4v) is 4.91. The summed E-state index contributed by atoms with van der Waals surface area (Å²) >= 11 is 7.46. The molecule has 1 aromatic heterocycles. The third kappa shape index (κ3) is 3.49. The van der Waals surface area contributed by atoms with Gasteiger partial charge in [0.25, 0.3) is 0 Å². The van der Waals surface area contributed by atoms with Crippen LogP contribution in [0.4, 0.5) is 0 Å². The molecule has 0 saturated heterocycles. The number of thiophene rings is 1. The minimum absolute atomic E-state index is 0.728. The van der Waals surface area contributed by atoms with Crippen LogP contribution in [-0.2, 0) is 6.54 Å². The van der Waals surface area contributed by atoms with Crippen LogP contribution in [0.1, 0.15) is 31.1 Å². The van der Waals surface area contributed by atoms with Crippen molar-refractivity contribution in [1.82, 2.24) is 5.32 Å². The summed E-state index contributed by atoms with van der Waals surface area (Å²) in [5.74, 6) is 1.24. The van der Waals surface area contributed by atoms with Crippen molar-refractivity contribution >= 4 is 39.0 Å². The van der Waals surface area contributed by atoms with Gasteiger partial charge in [-0.05, 0) is 46.7 Å². The summed E-state index contributed by atoms with van der Waals surface area (Å²) in [4.78, 5) is 1.43. The normalized spacial score (nSPS) is 25.1. The molecule has 1 aromatic rings.